The molecule has 1 aliphatic rings. The second kappa shape index (κ2) is 3.19. The minimum atomic E-state index is -0.0614. The van der Waals surface area contributed by atoms with Gasteiger partial charge < -0.3 is 14.4 Å². The first kappa shape index (κ1) is 9.14. The van der Waals surface area contributed by atoms with Gasteiger partial charge in [-0.2, -0.15) is 4.98 Å². The monoisotopic (exact) mass is 218 g/mol. The van der Waals surface area contributed by atoms with E-state index in [1.807, 2.05) is 10.8 Å². The third-order valence-corrected chi connectivity index (χ3v) is 2.54. The first-order chi connectivity index (χ1) is 7.74. The molecule has 16 heavy (non-hydrogen) atoms. The highest BCUT2D eigenvalue weighted by Crippen LogP contribution is 2.21. The van der Waals surface area contributed by atoms with Gasteiger partial charge in [-0.15, -0.1) is 0 Å². The largest absolute Gasteiger partial charge is 0.349 e. The minimum absolute atomic E-state index is 0.0614. The SMILES string of the molecule is Cc1noc(-c2cc3n(c2)CCNC3=O)n1. The first-order valence-corrected chi connectivity index (χ1v) is 5.03. The predicted octanol–water partition coefficient (Wildman–Crippen LogP) is 0.590. The summed E-state index contributed by atoms with van der Waals surface area (Å²) in [5.74, 6) is 0.976. The van der Waals surface area contributed by atoms with Gasteiger partial charge in [-0.3, -0.25) is 4.79 Å². The van der Waals surface area contributed by atoms with Crippen molar-refractivity contribution in [2.45, 2.75) is 13.5 Å². The summed E-state index contributed by atoms with van der Waals surface area (Å²) in [5, 5.41) is 6.50. The van der Waals surface area contributed by atoms with Crippen LogP contribution in [0, 0.1) is 6.92 Å². The van der Waals surface area contributed by atoms with Crippen molar-refractivity contribution in [1.82, 2.24) is 20.0 Å². The van der Waals surface area contributed by atoms with Crippen LogP contribution in [-0.4, -0.2) is 27.2 Å². The summed E-state index contributed by atoms with van der Waals surface area (Å²) in [6, 6.07) is 1.77. The summed E-state index contributed by atoms with van der Waals surface area (Å²) in [6.45, 7) is 3.19. The molecule has 3 heterocycles. The molecule has 6 nitrogen and oxygen atoms in total. The van der Waals surface area contributed by atoms with Gasteiger partial charge in [0.15, 0.2) is 5.82 Å². The van der Waals surface area contributed by atoms with Gasteiger partial charge in [0.1, 0.15) is 5.69 Å². The quantitative estimate of drug-likeness (QED) is 0.760. The van der Waals surface area contributed by atoms with Crippen molar-refractivity contribution in [2.24, 2.45) is 0 Å². The van der Waals surface area contributed by atoms with E-state index in [1.54, 1.807) is 13.0 Å². The molecule has 0 saturated carbocycles. The molecule has 3 rings (SSSR count). The molecule has 1 amide bonds. The number of nitrogens with zero attached hydrogens (tertiary/aromatic N) is 3. The highest BCUT2D eigenvalue weighted by atomic mass is 16.5. The Labute approximate surface area is 91.3 Å². The van der Waals surface area contributed by atoms with Crippen molar-refractivity contribution < 1.29 is 9.32 Å². The van der Waals surface area contributed by atoms with E-state index in [2.05, 4.69) is 15.5 Å². The number of rotatable bonds is 1. The summed E-state index contributed by atoms with van der Waals surface area (Å²) in [4.78, 5) is 15.7. The molecule has 0 spiro atoms. The number of amides is 1. The summed E-state index contributed by atoms with van der Waals surface area (Å²) >= 11 is 0. The summed E-state index contributed by atoms with van der Waals surface area (Å²) in [6.07, 6.45) is 1.86. The zero-order chi connectivity index (χ0) is 11.1. The van der Waals surface area contributed by atoms with E-state index in [0.29, 0.717) is 24.0 Å². The lowest BCUT2D eigenvalue weighted by atomic mass is 10.3. The van der Waals surface area contributed by atoms with Crippen molar-refractivity contribution in [3.05, 3.63) is 23.8 Å². The van der Waals surface area contributed by atoms with Crippen LogP contribution < -0.4 is 5.32 Å². The van der Waals surface area contributed by atoms with Gasteiger partial charge in [0, 0.05) is 19.3 Å². The average Bonchev–Trinajstić information content (AvgIpc) is 2.84. The number of aromatic nitrogens is 3. The smallest absolute Gasteiger partial charge is 0.267 e. The van der Waals surface area contributed by atoms with Gasteiger partial charge in [0.05, 0.1) is 5.56 Å². The zero-order valence-electron chi connectivity index (χ0n) is 8.73. The Bertz CT molecular complexity index is 555. The Balaban J connectivity index is 2.07. The van der Waals surface area contributed by atoms with E-state index in [0.717, 1.165) is 12.1 Å². The lowest BCUT2D eigenvalue weighted by Gasteiger charge is -2.14. The fourth-order valence-electron chi connectivity index (χ4n) is 1.80. The minimum Gasteiger partial charge on any atom is -0.349 e. The normalized spacial score (nSPS) is 14.7. The van der Waals surface area contributed by atoms with E-state index in [4.69, 9.17) is 4.52 Å². The van der Waals surface area contributed by atoms with E-state index in [1.165, 1.54) is 0 Å². The Kier molecular flexibility index (Phi) is 1.82. The molecule has 0 atom stereocenters. The van der Waals surface area contributed by atoms with E-state index in [-0.39, 0.29) is 5.91 Å². The second-order valence-electron chi connectivity index (χ2n) is 3.71. The average molecular weight is 218 g/mol. The number of carbonyl (C=O) groups excluding carboxylic acids is 1. The molecule has 0 aliphatic carbocycles. The zero-order valence-corrected chi connectivity index (χ0v) is 8.73. The summed E-state index contributed by atoms with van der Waals surface area (Å²) in [5.41, 5.74) is 1.42. The standard InChI is InChI=1S/C10H10N4O2/c1-6-12-10(16-13-6)7-4-8-9(15)11-2-3-14(8)5-7/h4-5H,2-3H2,1H3,(H,11,15). The summed E-state index contributed by atoms with van der Waals surface area (Å²) < 4.78 is 6.95. The molecule has 1 aliphatic heterocycles. The molecule has 0 unspecified atom stereocenters. The molecule has 0 bridgehead atoms. The summed E-state index contributed by atoms with van der Waals surface area (Å²) in [7, 11) is 0. The third kappa shape index (κ3) is 1.30. The van der Waals surface area contributed by atoms with Crippen LogP contribution in [0.1, 0.15) is 16.3 Å². The number of carbonyl (C=O) groups is 1. The fraction of sp³-hybridized carbons (Fsp3) is 0.300. The lowest BCUT2D eigenvalue weighted by molar-refractivity contribution is 0.0928. The van der Waals surface area contributed by atoms with Crippen LogP contribution in [-0.2, 0) is 6.54 Å². The maximum absolute atomic E-state index is 11.5. The first-order valence-electron chi connectivity index (χ1n) is 5.03. The van der Waals surface area contributed by atoms with E-state index < -0.39 is 0 Å². The lowest BCUT2D eigenvalue weighted by Crippen LogP contribution is -2.34. The van der Waals surface area contributed by atoms with Gasteiger partial charge >= 0.3 is 0 Å². The molecule has 0 radical (unpaired) electrons. The van der Waals surface area contributed by atoms with Crippen LogP contribution >= 0.6 is 0 Å². The fourth-order valence-corrected chi connectivity index (χ4v) is 1.80. The van der Waals surface area contributed by atoms with Gasteiger partial charge in [-0.05, 0) is 13.0 Å². The Morgan fingerprint density at radius 1 is 1.56 bits per heavy atom. The van der Waals surface area contributed by atoms with Crippen LogP contribution in [0.3, 0.4) is 0 Å². The Morgan fingerprint density at radius 3 is 3.12 bits per heavy atom. The number of aryl methyl sites for hydroxylation is 1. The predicted molar refractivity (Wildman–Crippen MR) is 54.8 cm³/mol. The Hall–Kier alpha value is -2.11. The van der Waals surface area contributed by atoms with Crippen LogP contribution in [0.25, 0.3) is 11.5 Å². The highest BCUT2D eigenvalue weighted by molar-refractivity contribution is 5.94. The molecular formula is C10H10N4O2. The molecule has 0 aromatic carbocycles. The molecule has 2 aromatic heterocycles. The van der Waals surface area contributed by atoms with Gasteiger partial charge in [-0.25, -0.2) is 0 Å². The third-order valence-electron chi connectivity index (χ3n) is 2.54. The number of fused-ring (bicyclic) bond motifs is 1. The van der Waals surface area contributed by atoms with E-state index >= 15 is 0 Å². The molecule has 6 heteroatoms. The van der Waals surface area contributed by atoms with Crippen LogP contribution in [0.2, 0.25) is 0 Å². The topological polar surface area (TPSA) is 73.0 Å². The van der Waals surface area contributed by atoms with Crippen molar-refractivity contribution in [3.63, 3.8) is 0 Å². The van der Waals surface area contributed by atoms with Crippen LogP contribution in [0.5, 0.6) is 0 Å². The second-order valence-corrected chi connectivity index (χ2v) is 3.71. The number of hydrogen-bond acceptors (Lipinski definition) is 4. The van der Waals surface area contributed by atoms with Gasteiger partial charge in [-0.1, -0.05) is 5.16 Å². The molecule has 1 N–H and O–H groups in total. The maximum Gasteiger partial charge on any atom is 0.267 e. The molecule has 0 saturated heterocycles. The molecular weight excluding hydrogens is 208 g/mol. The van der Waals surface area contributed by atoms with Gasteiger partial charge in [0.2, 0.25) is 0 Å². The Morgan fingerprint density at radius 2 is 2.44 bits per heavy atom. The van der Waals surface area contributed by atoms with Crippen molar-refractivity contribution in [1.29, 1.82) is 0 Å². The van der Waals surface area contributed by atoms with Gasteiger partial charge in [0.25, 0.3) is 11.8 Å². The number of hydrogen-bond donors (Lipinski definition) is 1. The van der Waals surface area contributed by atoms with Crippen molar-refractivity contribution >= 4 is 5.91 Å². The number of nitrogens with one attached hydrogen (secondary N) is 1. The van der Waals surface area contributed by atoms with Crippen LogP contribution in [0.4, 0.5) is 0 Å². The van der Waals surface area contributed by atoms with Crippen LogP contribution in [0.15, 0.2) is 16.8 Å². The van der Waals surface area contributed by atoms with E-state index in [9.17, 15) is 4.79 Å². The maximum atomic E-state index is 11.5. The van der Waals surface area contributed by atoms with Crippen molar-refractivity contribution in [3.8, 4) is 11.5 Å². The highest BCUT2D eigenvalue weighted by Gasteiger charge is 2.20. The molecule has 82 valence electrons. The van der Waals surface area contributed by atoms with Crippen molar-refractivity contribution in [2.75, 3.05) is 6.54 Å². The molecule has 2 aromatic rings. The molecule has 0 fully saturated rings.